The second-order valence-corrected chi connectivity index (χ2v) is 4.67. The van der Waals surface area contributed by atoms with Gasteiger partial charge in [0.2, 0.25) is 0 Å². The van der Waals surface area contributed by atoms with Crippen LogP contribution >= 0.6 is 11.6 Å². The van der Waals surface area contributed by atoms with Crippen LogP contribution in [0.3, 0.4) is 0 Å². The number of hydrogen-bond donors (Lipinski definition) is 1. The Balaban J connectivity index is 1.95. The maximum atomic E-state index is 9.93. The summed E-state index contributed by atoms with van der Waals surface area (Å²) < 4.78 is 6.84. The Bertz CT molecular complexity index is 697. The largest absolute Gasteiger partial charge is 0.491 e. The van der Waals surface area contributed by atoms with Crippen molar-refractivity contribution < 1.29 is 9.84 Å². The molecule has 1 unspecified atom stereocenters. The van der Waals surface area contributed by atoms with Crippen LogP contribution in [0.4, 0.5) is 0 Å². The zero-order valence-corrected chi connectivity index (χ0v) is 11.7. The molecule has 0 bridgehead atoms. The summed E-state index contributed by atoms with van der Waals surface area (Å²) in [6, 6.07) is 10.5. The first-order valence-electron chi connectivity index (χ1n) is 6.05. The molecule has 106 valence electrons. The normalized spacial score (nSPS) is 11.4. The SMILES string of the molecule is N#Cc1ncn(CC(O)COc2ccc(Cl)cc2)c1C#N. The van der Waals surface area contributed by atoms with Gasteiger partial charge in [0, 0.05) is 5.02 Å². The molecule has 0 fully saturated rings. The number of benzene rings is 1. The zero-order chi connectivity index (χ0) is 15.2. The van der Waals surface area contributed by atoms with Gasteiger partial charge in [-0.1, -0.05) is 11.6 Å². The topological polar surface area (TPSA) is 94.9 Å². The van der Waals surface area contributed by atoms with Gasteiger partial charge in [-0.15, -0.1) is 0 Å². The molecule has 0 amide bonds. The van der Waals surface area contributed by atoms with E-state index in [9.17, 15) is 5.11 Å². The number of aromatic nitrogens is 2. The average molecular weight is 303 g/mol. The highest BCUT2D eigenvalue weighted by Crippen LogP contribution is 2.16. The number of imidazole rings is 1. The van der Waals surface area contributed by atoms with Gasteiger partial charge in [-0.05, 0) is 24.3 Å². The van der Waals surface area contributed by atoms with Crippen LogP contribution in [-0.4, -0.2) is 27.4 Å². The van der Waals surface area contributed by atoms with Crippen LogP contribution in [-0.2, 0) is 6.54 Å². The summed E-state index contributed by atoms with van der Waals surface area (Å²) in [7, 11) is 0. The number of aliphatic hydroxyl groups is 1. The number of hydrogen-bond acceptors (Lipinski definition) is 5. The first kappa shape index (κ1) is 14.9. The van der Waals surface area contributed by atoms with E-state index in [0.29, 0.717) is 10.8 Å². The van der Waals surface area contributed by atoms with E-state index in [0.717, 1.165) is 0 Å². The van der Waals surface area contributed by atoms with Crippen LogP contribution in [0, 0.1) is 22.7 Å². The summed E-state index contributed by atoms with van der Waals surface area (Å²) in [5, 5.41) is 28.3. The van der Waals surface area contributed by atoms with E-state index in [-0.39, 0.29) is 24.5 Å². The number of aliphatic hydroxyl groups excluding tert-OH is 1. The van der Waals surface area contributed by atoms with Crippen molar-refractivity contribution in [2.75, 3.05) is 6.61 Å². The summed E-state index contributed by atoms with van der Waals surface area (Å²) in [6.07, 6.45) is 0.510. The third-order valence-electron chi connectivity index (χ3n) is 2.71. The van der Waals surface area contributed by atoms with Crippen LogP contribution in [0.1, 0.15) is 11.4 Å². The molecule has 0 saturated carbocycles. The van der Waals surface area contributed by atoms with Gasteiger partial charge in [-0.2, -0.15) is 10.5 Å². The van der Waals surface area contributed by atoms with Gasteiger partial charge in [-0.25, -0.2) is 4.98 Å². The number of nitriles is 2. The molecule has 2 aromatic rings. The average Bonchev–Trinajstić information content (AvgIpc) is 2.88. The van der Waals surface area contributed by atoms with Crippen molar-refractivity contribution in [1.82, 2.24) is 9.55 Å². The van der Waals surface area contributed by atoms with E-state index in [1.165, 1.54) is 10.9 Å². The smallest absolute Gasteiger partial charge is 0.176 e. The maximum Gasteiger partial charge on any atom is 0.176 e. The lowest BCUT2D eigenvalue weighted by Crippen LogP contribution is -2.24. The van der Waals surface area contributed by atoms with E-state index in [2.05, 4.69) is 4.98 Å². The summed E-state index contributed by atoms with van der Waals surface area (Å²) in [5.74, 6) is 0.585. The van der Waals surface area contributed by atoms with Gasteiger partial charge in [-0.3, -0.25) is 0 Å². The highest BCUT2D eigenvalue weighted by molar-refractivity contribution is 6.30. The molecule has 0 aliphatic carbocycles. The van der Waals surface area contributed by atoms with Gasteiger partial charge in [0.05, 0.1) is 12.9 Å². The van der Waals surface area contributed by atoms with Gasteiger partial charge in [0.15, 0.2) is 11.4 Å². The summed E-state index contributed by atoms with van der Waals surface area (Å²) in [4.78, 5) is 3.80. The molecule has 1 N–H and O–H groups in total. The van der Waals surface area contributed by atoms with E-state index < -0.39 is 6.10 Å². The molecule has 0 aliphatic heterocycles. The predicted octanol–water partition coefficient (Wildman–Crippen LogP) is 1.72. The molecular weight excluding hydrogens is 292 g/mol. The first-order valence-corrected chi connectivity index (χ1v) is 6.43. The van der Waals surface area contributed by atoms with Crippen LogP contribution in [0.2, 0.25) is 5.02 Å². The van der Waals surface area contributed by atoms with Crippen LogP contribution in [0.25, 0.3) is 0 Å². The number of nitrogens with zero attached hydrogens (tertiary/aromatic N) is 4. The van der Waals surface area contributed by atoms with E-state index in [1.807, 2.05) is 12.1 Å². The van der Waals surface area contributed by atoms with Crippen molar-refractivity contribution in [3.05, 3.63) is 47.0 Å². The molecule has 7 heteroatoms. The molecular formula is C14H11ClN4O2. The lowest BCUT2D eigenvalue weighted by molar-refractivity contribution is 0.0923. The minimum Gasteiger partial charge on any atom is -0.491 e. The molecule has 2 rings (SSSR count). The van der Waals surface area contributed by atoms with Crippen molar-refractivity contribution in [2.45, 2.75) is 12.6 Å². The monoisotopic (exact) mass is 302 g/mol. The van der Waals surface area contributed by atoms with Crippen molar-refractivity contribution in [2.24, 2.45) is 0 Å². The van der Waals surface area contributed by atoms with Crippen molar-refractivity contribution >= 4 is 11.6 Å². The lowest BCUT2D eigenvalue weighted by Gasteiger charge is -2.13. The minimum atomic E-state index is -0.839. The molecule has 1 aromatic heterocycles. The summed E-state index contributed by atoms with van der Waals surface area (Å²) >= 11 is 5.76. The fraction of sp³-hybridized carbons (Fsp3) is 0.214. The molecule has 0 radical (unpaired) electrons. The second kappa shape index (κ2) is 6.76. The van der Waals surface area contributed by atoms with Crippen molar-refractivity contribution in [1.29, 1.82) is 10.5 Å². The Morgan fingerprint density at radius 2 is 2.00 bits per heavy atom. The van der Waals surface area contributed by atoms with Crippen molar-refractivity contribution in [3.63, 3.8) is 0 Å². The molecule has 1 aromatic carbocycles. The number of ether oxygens (including phenoxy) is 1. The van der Waals surface area contributed by atoms with Crippen molar-refractivity contribution in [3.8, 4) is 17.9 Å². The molecule has 0 spiro atoms. The van der Waals surface area contributed by atoms with E-state index >= 15 is 0 Å². The first-order chi connectivity index (χ1) is 10.1. The summed E-state index contributed by atoms with van der Waals surface area (Å²) in [5.41, 5.74) is 0.173. The van der Waals surface area contributed by atoms with Gasteiger partial charge in [0.1, 0.15) is 30.6 Å². The second-order valence-electron chi connectivity index (χ2n) is 4.24. The lowest BCUT2D eigenvalue weighted by atomic mass is 10.3. The van der Waals surface area contributed by atoms with Crippen LogP contribution in [0.15, 0.2) is 30.6 Å². The molecule has 0 aliphatic rings. The Morgan fingerprint density at radius 1 is 1.29 bits per heavy atom. The Hall–Kier alpha value is -2.54. The molecule has 1 heterocycles. The molecule has 1 atom stereocenters. The molecule has 6 nitrogen and oxygen atoms in total. The standard InChI is InChI=1S/C14H11ClN4O2/c15-10-1-3-12(4-2-10)21-8-11(20)7-19-9-18-13(5-16)14(19)6-17/h1-4,9,11,20H,7-8H2. The third kappa shape index (κ3) is 3.73. The highest BCUT2D eigenvalue weighted by atomic mass is 35.5. The number of halogens is 1. The third-order valence-corrected chi connectivity index (χ3v) is 2.96. The van der Waals surface area contributed by atoms with E-state index in [4.69, 9.17) is 26.9 Å². The summed E-state index contributed by atoms with van der Waals surface area (Å²) in [6.45, 7) is 0.164. The quantitative estimate of drug-likeness (QED) is 0.907. The van der Waals surface area contributed by atoms with Crippen LogP contribution in [0.5, 0.6) is 5.75 Å². The Labute approximate surface area is 126 Å². The molecule has 21 heavy (non-hydrogen) atoms. The van der Waals surface area contributed by atoms with Crippen LogP contribution < -0.4 is 4.74 Å². The van der Waals surface area contributed by atoms with Gasteiger partial charge >= 0.3 is 0 Å². The Morgan fingerprint density at radius 3 is 2.62 bits per heavy atom. The fourth-order valence-corrected chi connectivity index (χ4v) is 1.85. The van der Waals surface area contributed by atoms with Gasteiger partial charge < -0.3 is 14.4 Å². The van der Waals surface area contributed by atoms with E-state index in [1.54, 1.807) is 24.3 Å². The minimum absolute atomic E-state index is 0.0447. The Kier molecular flexibility index (Phi) is 4.78. The highest BCUT2D eigenvalue weighted by Gasteiger charge is 2.13. The number of rotatable bonds is 5. The maximum absolute atomic E-state index is 9.93. The molecule has 0 saturated heterocycles. The predicted molar refractivity (Wildman–Crippen MR) is 74.6 cm³/mol. The zero-order valence-electron chi connectivity index (χ0n) is 10.9. The fourth-order valence-electron chi connectivity index (χ4n) is 1.72. The van der Waals surface area contributed by atoms with Gasteiger partial charge in [0.25, 0.3) is 0 Å².